The molecule has 1 saturated heterocycles. The van der Waals surface area contributed by atoms with E-state index in [1.54, 1.807) is 6.07 Å². The second-order valence-electron chi connectivity index (χ2n) is 6.80. The van der Waals surface area contributed by atoms with Crippen molar-refractivity contribution in [2.24, 2.45) is 5.92 Å². The number of hydrogen-bond acceptors (Lipinski definition) is 4. The average molecular weight is 290 g/mol. The zero-order valence-corrected chi connectivity index (χ0v) is 13.1. The summed E-state index contributed by atoms with van der Waals surface area (Å²) in [4.78, 5) is 21.8. The Hall–Kier alpha value is -1.36. The van der Waals surface area contributed by atoms with Crippen molar-refractivity contribution in [3.05, 3.63) is 22.2 Å². The molecule has 21 heavy (non-hydrogen) atoms. The number of anilines is 1. The number of H-pyrrole nitrogens is 1. The molecular weight excluding hydrogens is 264 g/mol. The molecule has 0 amide bonds. The zero-order valence-electron chi connectivity index (χ0n) is 13.1. The Balaban J connectivity index is 1.70. The van der Waals surface area contributed by atoms with Gasteiger partial charge in [0.2, 0.25) is 0 Å². The average Bonchev–Trinajstić information content (AvgIpc) is 3.18. The maximum atomic E-state index is 11.9. The highest BCUT2D eigenvalue weighted by Gasteiger charge is 2.29. The van der Waals surface area contributed by atoms with Crippen molar-refractivity contribution in [3.63, 3.8) is 0 Å². The van der Waals surface area contributed by atoms with Gasteiger partial charge in [-0.25, -0.2) is 4.98 Å². The lowest BCUT2D eigenvalue weighted by atomic mass is 10.2. The van der Waals surface area contributed by atoms with Gasteiger partial charge in [0.1, 0.15) is 11.6 Å². The van der Waals surface area contributed by atoms with Crippen LogP contribution in [0.2, 0.25) is 0 Å². The lowest BCUT2D eigenvalue weighted by molar-refractivity contribution is 0.511. The molecule has 1 atom stereocenters. The Bertz CT molecular complexity index is 535. The maximum absolute atomic E-state index is 11.9. The molecule has 0 aromatic carbocycles. The molecule has 1 unspecified atom stereocenters. The summed E-state index contributed by atoms with van der Waals surface area (Å²) in [5.74, 6) is 2.91. The molecule has 5 nitrogen and oxygen atoms in total. The molecule has 2 N–H and O–H groups in total. The monoisotopic (exact) mass is 290 g/mol. The van der Waals surface area contributed by atoms with Gasteiger partial charge in [0, 0.05) is 31.1 Å². The SMILES string of the molecule is CC(C)CNCC1CCCN1c1cc(=O)[nH]c(C2CC2)n1. The Morgan fingerprint density at radius 3 is 2.95 bits per heavy atom. The molecule has 1 aromatic heterocycles. The Labute approximate surface area is 126 Å². The third-order valence-electron chi connectivity index (χ3n) is 4.31. The summed E-state index contributed by atoms with van der Waals surface area (Å²) in [6, 6.07) is 2.12. The normalized spacial score (nSPS) is 22.2. The fourth-order valence-corrected chi connectivity index (χ4v) is 3.05. The van der Waals surface area contributed by atoms with Gasteiger partial charge < -0.3 is 15.2 Å². The molecule has 2 aliphatic rings. The van der Waals surface area contributed by atoms with Crippen molar-refractivity contribution in [1.82, 2.24) is 15.3 Å². The van der Waals surface area contributed by atoms with Gasteiger partial charge in [-0.05, 0) is 38.1 Å². The summed E-state index contributed by atoms with van der Waals surface area (Å²) in [5.41, 5.74) is -0.0114. The standard InChI is InChI=1S/C16H26N4O/c1-11(2)9-17-10-13-4-3-7-20(13)14-8-15(21)19-16(18-14)12-5-6-12/h8,11-13,17H,3-7,9-10H2,1-2H3,(H,18,19,21). The van der Waals surface area contributed by atoms with Crippen molar-refractivity contribution in [3.8, 4) is 0 Å². The van der Waals surface area contributed by atoms with E-state index in [0.717, 1.165) is 44.1 Å². The molecule has 3 rings (SSSR count). The fourth-order valence-electron chi connectivity index (χ4n) is 3.05. The van der Waals surface area contributed by atoms with Crippen LogP contribution < -0.4 is 15.8 Å². The van der Waals surface area contributed by atoms with Crippen molar-refractivity contribution in [2.75, 3.05) is 24.5 Å². The van der Waals surface area contributed by atoms with Crippen LogP contribution in [0, 0.1) is 5.92 Å². The van der Waals surface area contributed by atoms with Gasteiger partial charge in [-0.1, -0.05) is 13.8 Å². The molecule has 1 aliphatic carbocycles. The maximum Gasteiger partial charge on any atom is 0.252 e. The number of hydrogen-bond donors (Lipinski definition) is 2. The second kappa shape index (κ2) is 6.18. The molecule has 1 aromatic rings. The minimum Gasteiger partial charge on any atom is -0.352 e. The van der Waals surface area contributed by atoms with E-state index in [2.05, 4.69) is 29.0 Å². The van der Waals surface area contributed by atoms with Gasteiger partial charge in [0.25, 0.3) is 5.56 Å². The van der Waals surface area contributed by atoms with E-state index in [0.29, 0.717) is 17.9 Å². The lowest BCUT2D eigenvalue weighted by Gasteiger charge is -2.26. The molecule has 2 fully saturated rings. The first-order valence-electron chi connectivity index (χ1n) is 8.22. The first-order valence-corrected chi connectivity index (χ1v) is 8.22. The first-order chi connectivity index (χ1) is 10.1. The van der Waals surface area contributed by atoms with E-state index in [1.807, 2.05) is 0 Å². The van der Waals surface area contributed by atoms with Crippen molar-refractivity contribution < 1.29 is 0 Å². The van der Waals surface area contributed by atoms with Crippen LogP contribution in [0.4, 0.5) is 5.82 Å². The highest BCUT2D eigenvalue weighted by atomic mass is 16.1. The van der Waals surface area contributed by atoms with Crippen LogP contribution in [0.25, 0.3) is 0 Å². The van der Waals surface area contributed by atoms with Crippen LogP contribution in [0.5, 0.6) is 0 Å². The fraction of sp³-hybridized carbons (Fsp3) is 0.750. The number of rotatable bonds is 6. The summed E-state index contributed by atoms with van der Waals surface area (Å²) in [6.45, 7) is 7.47. The van der Waals surface area contributed by atoms with Crippen LogP contribution >= 0.6 is 0 Å². The van der Waals surface area contributed by atoms with E-state index >= 15 is 0 Å². The molecule has 0 radical (unpaired) electrons. The van der Waals surface area contributed by atoms with Gasteiger partial charge in [-0.15, -0.1) is 0 Å². The zero-order chi connectivity index (χ0) is 14.8. The molecule has 2 heterocycles. The third-order valence-corrected chi connectivity index (χ3v) is 4.31. The number of nitrogens with zero attached hydrogens (tertiary/aromatic N) is 2. The van der Waals surface area contributed by atoms with Crippen LogP contribution in [0.1, 0.15) is 51.3 Å². The smallest absolute Gasteiger partial charge is 0.252 e. The number of aromatic nitrogens is 2. The van der Waals surface area contributed by atoms with E-state index in [4.69, 9.17) is 4.98 Å². The van der Waals surface area contributed by atoms with Gasteiger partial charge in [-0.3, -0.25) is 4.79 Å². The number of aromatic amines is 1. The predicted molar refractivity (Wildman–Crippen MR) is 84.9 cm³/mol. The largest absolute Gasteiger partial charge is 0.352 e. The Kier molecular flexibility index (Phi) is 4.29. The van der Waals surface area contributed by atoms with Crippen LogP contribution in [0.3, 0.4) is 0 Å². The third kappa shape index (κ3) is 3.64. The molecule has 5 heteroatoms. The van der Waals surface area contributed by atoms with Crippen LogP contribution in [-0.2, 0) is 0 Å². The van der Waals surface area contributed by atoms with Gasteiger partial charge in [-0.2, -0.15) is 0 Å². The van der Waals surface area contributed by atoms with Gasteiger partial charge in [0.05, 0.1) is 0 Å². The predicted octanol–water partition coefficient (Wildman–Crippen LogP) is 1.86. The molecule has 1 aliphatic heterocycles. The van der Waals surface area contributed by atoms with Crippen LogP contribution in [0.15, 0.2) is 10.9 Å². The second-order valence-corrected chi connectivity index (χ2v) is 6.80. The summed E-state index contributed by atoms with van der Waals surface area (Å²) in [7, 11) is 0. The Morgan fingerprint density at radius 2 is 2.24 bits per heavy atom. The minimum atomic E-state index is -0.0114. The van der Waals surface area contributed by atoms with E-state index in [-0.39, 0.29) is 5.56 Å². The van der Waals surface area contributed by atoms with Crippen molar-refractivity contribution in [1.29, 1.82) is 0 Å². The minimum absolute atomic E-state index is 0.0114. The molecule has 0 spiro atoms. The first kappa shape index (κ1) is 14.6. The van der Waals surface area contributed by atoms with Gasteiger partial charge in [0.15, 0.2) is 0 Å². The summed E-state index contributed by atoms with van der Waals surface area (Å²) in [6.07, 6.45) is 4.68. The number of nitrogens with one attached hydrogen (secondary N) is 2. The summed E-state index contributed by atoms with van der Waals surface area (Å²) >= 11 is 0. The quantitative estimate of drug-likeness (QED) is 0.839. The highest BCUT2D eigenvalue weighted by molar-refractivity contribution is 5.41. The van der Waals surface area contributed by atoms with E-state index in [9.17, 15) is 4.79 Å². The topological polar surface area (TPSA) is 61.0 Å². The molecule has 116 valence electrons. The Morgan fingerprint density at radius 1 is 1.43 bits per heavy atom. The van der Waals surface area contributed by atoms with E-state index < -0.39 is 0 Å². The van der Waals surface area contributed by atoms with Crippen molar-refractivity contribution >= 4 is 5.82 Å². The van der Waals surface area contributed by atoms with E-state index in [1.165, 1.54) is 12.8 Å². The molecular formula is C16H26N4O. The van der Waals surface area contributed by atoms with Gasteiger partial charge >= 0.3 is 0 Å². The lowest BCUT2D eigenvalue weighted by Crippen LogP contribution is -2.40. The summed E-state index contributed by atoms with van der Waals surface area (Å²) < 4.78 is 0. The van der Waals surface area contributed by atoms with Crippen molar-refractivity contribution in [2.45, 2.75) is 51.5 Å². The highest BCUT2D eigenvalue weighted by Crippen LogP contribution is 2.38. The summed E-state index contributed by atoms with van der Waals surface area (Å²) in [5, 5.41) is 3.54. The molecule has 0 bridgehead atoms. The molecule has 1 saturated carbocycles. The van der Waals surface area contributed by atoms with Crippen LogP contribution in [-0.4, -0.2) is 35.6 Å².